The number of aryl methyl sites for hydroxylation is 1. The maximum atomic E-state index is 4.66. The molecule has 0 aromatic carbocycles. The molecule has 3 heterocycles. The molecule has 1 saturated heterocycles. The molecule has 5 nitrogen and oxygen atoms in total. The van der Waals surface area contributed by atoms with Gasteiger partial charge in [-0.3, -0.25) is 14.9 Å². The molecule has 0 amide bonds. The Morgan fingerprint density at radius 1 is 1.36 bits per heavy atom. The molecule has 5 heteroatoms. The van der Waals surface area contributed by atoms with Crippen molar-refractivity contribution in [1.29, 1.82) is 0 Å². The van der Waals surface area contributed by atoms with E-state index in [9.17, 15) is 0 Å². The third-order valence-electron chi connectivity index (χ3n) is 4.22. The van der Waals surface area contributed by atoms with Crippen LogP contribution < -0.4 is 5.32 Å². The predicted octanol–water partition coefficient (Wildman–Crippen LogP) is 2.60. The van der Waals surface area contributed by atoms with E-state index in [-0.39, 0.29) is 0 Å². The van der Waals surface area contributed by atoms with Gasteiger partial charge in [0.1, 0.15) is 5.82 Å². The Morgan fingerprint density at radius 3 is 3.09 bits per heavy atom. The Bertz CT molecular complexity index is 628. The Hall–Kier alpha value is -2.01. The Balaban J connectivity index is 1.70. The number of piperidine rings is 1. The number of rotatable bonds is 4. The fourth-order valence-corrected chi connectivity index (χ4v) is 3.15. The smallest absolute Gasteiger partial charge is 0.130 e. The molecule has 0 aliphatic carbocycles. The zero-order valence-electron chi connectivity index (χ0n) is 13.3. The fourth-order valence-electron chi connectivity index (χ4n) is 3.15. The Labute approximate surface area is 131 Å². The number of aromatic nitrogens is 3. The van der Waals surface area contributed by atoms with Crippen molar-refractivity contribution in [3.63, 3.8) is 0 Å². The summed E-state index contributed by atoms with van der Waals surface area (Å²) in [6.45, 7) is 5.11. The number of anilines is 1. The number of nitrogens with one attached hydrogen (secondary N) is 1. The number of hydrogen-bond donors (Lipinski definition) is 1. The molecule has 22 heavy (non-hydrogen) atoms. The van der Waals surface area contributed by atoms with Crippen LogP contribution in [0.15, 0.2) is 30.7 Å². The van der Waals surface area contributed by atoms with E-state index in [1.165, 1.54) is 18.4 Å². The molecule has 3 rings (SSSR count). The van der Waals surface area contributed by atoms with Gasteiger partial charge in [-0.25, -0.2) is 4.98 Å². The molecular formula is C17H23N5. The Kier molecular flexibility index (Phi) is 4.63. The first-order valence-electron chi connectivity index (χ1n) is 7.89. The molecule has 1 aliphatic rings. The van der Waals surface area contributed by atoms with Gasteiger partial charge in [0, 0.05) is 50.2 Å². The monoisotopic (exact) mass is 297 g/mol. The number of hydrogen-bond acceptors (Lipinski definition) is 5. The maximum Gasteiger partial charge on any atom is 0.130 e. The second-order valence-corrected chi connectivity index (χ2v) is 5.92. The predicted molar refractivity (Wildman–Crippen MR) is 87.8 cm³/mol. The lowest BCUT2D eigenvalue weighted by atomic mass is 9.94. The van der Waals surface area contributed by atoms with Crippen LogP contribution in [0.25, 0.3) is 0 Å². The first-order valence-corrected chi connectivity index (χ1v) is 7.89. The minimum atomic E-state index is 0.482. The van der Waals surface area contributed by atoms with Crippen LogP contribution in [-0.4, -0.2) is 40.0 Å². The first-order chi connectivity index (χ1) is 10.8. The maximum absolute atomic E-state index is 4.66. The minimum Gasteiger partial charge on any atom is -0.373 e. The molecule has 116 valence electrons. The average Bonchev–Trinajstić information content (AvgIpc) is 2.56. The number of nitrogens with zero attached hydrogens (tertiary/aromatic N) is 4. The molecule has 0 saturated carbocycles. The highest BCUT2D eigenvalue weighted by Gasteiger charge is 2.23. The summed E-state index contributed by atoms with van der Waals surface area (Å²) in [4.78, 5) is 15.8. The van der Waals surface area contributed by atoms with Crippen molar-refractivity contribution < 1.29 is 0 Å². The zero-order chi connectivity index (χ0) is 15.4. The van der Waals surface area contributed by atoms with E-state index in [1.54, 1.807) is 0 Å². The molecule has 2 aromatic heterocycles. The molecular weight excluding hydrogens is 274 g/mol. The van der Waals surface area contributed by atoms with E-state index in [1.807, 2.05) is 38.6 Å². The molecule has 1 unspecified atom stereocenters. The van der Waals surface area contributed by atoms with Crippen LogP contribution in [0.4, 0.5) is 5.82 Å². The van der Waals surface area contributed by atoms with Crippen molar-refractivity contribution in [3.8, 4) is 0 Å². The third kappa shape index (κ3) is 3.42. The third-order valence-corrected chi connectivity index (χ3v) is 4.22. The van der Waals surface area contributed by atoms with Crippen LogP contribution in [0.1, 0.15) is 35.7 Å². The summed E-state index contributed by atoms with van der Waals surface area (Å²) in [7, 11) is 1.92. The first kappa shape index (κ1) is 14.9. The lowest BCUT2D eigenvalue weighted by Crippen LogP contribution is -2.34. The highest BCUT2D eigenvalue weighted by Crippen LogP contribution is 2.27. The molecule has 1 aliphatic heterocycles. The van der Waals surface area contributed by atoms with Crippen molar-refractivity contribution in [2.75, 3.05) is 25.5 Å². The standard InChI is InChI=1S/C17H23N5/c1-13-9-19-10-16(21-13)14-6-4-8-22(11-14)12-15-5-3-7-20-17(15)18-2/h3,5,7,9-10,14H,4,6,8,11-12H2,1-2H3,(H,18,20). The van der Waals surface area contributed by atoms with Gasteiger partial charge >= 0.3 is 0 Å². The Morgan fingerprint density at radius 2 is 2.27 bits per heavy atom. The highest BCUT2D eigenvalue weighted by molar-refractivity contribution is 5.42. The molecule has 0 bridgehead atoms. The lowest BCUT2D eigenvalue weighted by Gasteiger charge is -2.32. The summed E-state index contributed by atoms with van der Waals surface area (Å²) in [5.74, 6) is 1.45. The minimum absolute atomic E-state index is 0.482. The fraction of sp³-hybridized carbons (Fsp3) is 0.471. The van der Waals surface area contributed by atoms with Crippen LogP contribution >= 0.6 is 0 Å². The SMILES string of the molecule is CNc1ncccc1CN1CCCC(c2cncc(C)n2)C1. The second kappa shape index (κ2) is 6.83. The van der Waals surface area contributed by atoms with Crippen molar-refractivity contribution in [1.82, 2.24) is 19.9 Å². The van der Waals surface area contributed by atoms with Gasteiger partial charge in [-0.2, -0.15) is 0 Å². The van der Waals surface area contributed by atoms with Gasteiger partial charge in [0.2, 0.25) is 0 Å². The molecule has 1 N–H and O–H groups in total. The van der Waals surface area contributed by atoms with E-state index in [0.29, 0.717) is 5.92 Å². The van der Waals surface area contributed by atoms with Crippen LogP contribution in [0, 0.1) is 6.92 Å². The van der Waals surface area contributed by atoms with Crippen molar-refractivity contribution in [2.45, 2.75) is 32.2 Å². The van der Waals surface area contributed by atoms with Crippen molar-refractivity contribution in [2.24, 2.45) is 0 Å². The summed E-state index contributed by atoms with van der Waals surface area (Å²) in [6, 6.07) is 4.15. The van der Waals surface area contributed by atoms with E-state index < -0.39 is 0 Å². The van der Waals surface area contributed by atoms with Gasteiger partial charge < -0.3 is 5.32 Å². The van der Waals surface area contributed by atoms with Gasteiger partial charge in [-0.1, -0.05) is 6.07 Å². The van der Waals surface area contributed by atoms with E-state index in [2.05, 4.69) is 31.2 Å². The number of pyridine rings is 1. The molecule has 0 radical (unpaired) electrons. The zero-order valence-corrected chi connectivity index (χ0v) is 13.3. The normalized spacial score (nSPS) is 19.1. The lowest BCUT2D eigenvalue weighted by molar-refractivity contribution is 0.198. The van der Waals surface area contributed by atoms with Gasteiger partial charge in [-0.05, 0) is 32.4 Å². The summed E-state index contributed by atoms with van der Waals surface area (Å²) in [5.41, 5.74) is 3.38. The molecule has 2 aromatic rings. The number of likely N-dealkylation sites (tertiary alicyclic amines) is 1. The summed E-state index contributed by atoms with van der Waals surface area (Å²) in [5, 5.41) is 3.18. The van der Waals surface area contributed by atoms with E-state index in [0.717, 1.165) is 36.8 Å². The van der Waals surface area contributed by atoms with E-state index in [4.69, 9.17) is 0 Å². The van der Waals surface area contributed by atoms with Gasteiger partial charge in [0.25, 0.3) is 0 Å². The van der Waals surface area contributed by atoms with Crippen molar-refractivity contribution >= 4 is 5.82 Å². The molecule has 0 spiro atoms. The van der Waals surface area contributed by atoms with Crippen LogP contribution in [0.5, 0.6) is 0 Å². The van der Waals surface area contributed by atoms with Gasteiger partial charge in [0.15, 0.2) is 0 Å². The molecule has 1 fully saturated rings. The largest absolute Gasteiger partial charge is 0.373 e. The summed E-state index contributed by atoms with van der Waals surface area (Å²) in [6.07, 6.45) is 7.97. The van der Waals surface area contributed by atoms with Gasteiger partial charge in [0.05, 0.1) is 11.4 Å². The van der Waals surface area contributed by atoms with Gasteiger partial charge in [-0.15, -0.1) is 0 Å². The van der Waals surface area contributed by atoms with Crippen molar-refractivity contribution in [3.05, 3.63) is 47.7 Å². The quantitative estimate of drug-likeness (QED) is 0.940. The van der Waals surface area contributed by atoms with Crippen LogP contribution in [-0.2, 0) is 6.54 Å². The average molecular weight is 297 g/mol. The molecule has 1 atom stereocenters. The van der Waals surface area contributed by atoms with E-state index >= 15 is 0 Å². The highest BCUT2D eigenvalue weighted by atomic mass is 15.1. The van der Waals surface area contributed by atoms with Crippen LogP contribution in [0.2, 0.25) is 0 Å². The topological polar surface area (TPSA) is 53.9 Å². The second-order valence-electron chi connectivity index (χ2n) is 5.92. The summed E-state index contributed by atoms with van der Waals surface area (Å²) < 4.78 is 0. The van der Waals surface area contributed by atoms with Crippen LogP contribution in [0.3, 0.4) is 0 Å². The summed E-state index contributed by atoms with van der Waals surface area (Å²) >= 11 is 0.